The second-order valence-electron chi connectivity index (χ2n) is 15.8. The molecule has 0 spiro atoms. The first-order chi connectivity index (χ1) is 30.1. The van der Waals surface area contributed by atoms with Crippen molar-refractivity contribution in [2.75, 3.05) is 36.9 Å². The van der Waals surface area contributed by atoms with Gasteiger partial charge in [0.05, 0.1) is 15.8 Å². The summed E-state index contributed by atoms with van der Waals surface area (Å²) in [6.45, 7) is 7.01. The number of rotatable bonds is 14. The highest BCUT2D eigenvalue weighted by Crippen LogP contribution is 2.34. The molecule has 63 heavy (non-hydrogen) atoms. The van der Waals surface area contributed by atoms with Crippen LogP contribution in [0.4, 0.5) is 5.69 Å². The minimum absolute atomic E-state index is 0.0592. The van der Waals surface area contributed by atoms with Crippen molar-refractivity contribution in [2.24, 2.45) is 0 Å². The second kappa shape index (κ2) is 21.2. The zero-order valence-corrected chi connectivity index (χ0v) is 38.6. The maximum Gasteiger partial charge on any atom is 0.249 e. The molecule has 2 aliphatic rings. The second-order valence-corrected chi connectivity index (χ2v) is 21.9. The van der Waals surface area contributed by atoms with E-state index in [4.69, 9.17) is 10.5 Å². The maximum absolute atomic E-state index is 13.4. The lowest BCUT2D eigenvalue weighted by Crippen LogP contribution is -2.45. The summed E-state index contributed by atoms with van der Waals surface area (Å²) in [5, 5.41) is 13.6. The Hall–Kier alpha value is -4.88. The number of carbonyl (C=O) groups is 2. The standard InChI is InChI=1S/C25H26N2O5S2.C21H27N3O3S2/c28-17-15-23(19-7-3-1-4-8-19)26-24(29)25-27(16-18-33-25)34(30,31)22-13-11-21(12-14-22)32-20-9-5-2-6-10-20;1-21(2,3)16-6-10-18(11-7-16)29(26,27)24-12-13-28-20(24)19(25)23-14-15-4-8-17(22)9-5-15/h1-14,23,25,28H,15-18H2,(H,26,29);4-11,20H,12-14,22H2,1-3H3,(H,23,25). The van der Waals surface area contributed by atoms with Gasteiger partial charge in [0.1, 0.15) is 22.2 Å². The van der Waals surface area contributed by atoms with Crippen LogP contribution < -0.4 is 21.1 Å². The van der Waals surface area contributed by atoms with Gasteiger partial charge in [-0.2, -0.15) is 8.61 Å². The van der Waals surface area contributed by atoms with Gasteiger partial charge in [0.2, 0.25) is 31.9 Å². The van der Waals surface area contributed by atoms with Gasteiger partial charge in [0, 0.05) is 43.4 Å². The summed E-state index contributed by atoms with van der Waals surface area (Å²) in [6.07, 6.45) is 0.336. The van der Waals surface area contributed by atoms with Crippen molar-refractivity contribution in [1.82, 2.24) is 19.2 Å². The van der Waals surface area contributed by atoms with Crippen LogP contribution in [0, 0.1) is 0 Å². The van der Waals surface area contributed by atoms with Crippen LogP contribution in [0.15, 0.2) is 143 Å². The highest BCUT2D eigenvalue weighted by Gasteiger charge is 2.42. The first kappa shape index (κ1) is 47.6. The van der Waals surface area contributed by atoms with Gasteiger partial charge in [-0.05, 0) is 89.2 Å². The summed E-state index contributed by atoms with van der Waals surface area (Å²) in [5.74, 6) is 1.57. The monoisotopic (exact) mass is 931 g/mol. The van der Waals surface area contributed by atoms with Crippen molar-refractivity contribution in [1.29, 1.82) is 0 Å². The van der Waals surface area contributed by atoms with E-state index in [9.17, 15) is 31.5 Å². The molecule has 2 amide bonds. The summed E-state index contributed by atoms with van der Waals surface area (Å²) in [6, 6.07) is 38.5. The van der Waals surface area contributed by atoms with Gasteiger partial charge >= 0.3 is 0 Å². The summed E-state index contributed by atoms with van der Waals surface area (Å²) in [4.78, 5) is 26.1. The largest absolute Gasteiger partial charge is 0.457 e. The van der Waals surface area contributed by atoms with E-state index in [1.54, 1.807) is 36.4 Å². The van der Waals surface area contributed by atoms with Crippen molar-refractivity contribution in [3.63, 3.8) is 0 Å². The van der Waals surface area contributed by atoms with Crippen LogP contribution in [0.1, 0.15) is 49.9 Å². The Morgan fingerprint density at radius 3 is 1.73 bits per heavy atom. The molecule has 334 valence electrons. The molecule has 5 N–H and O–H groups in total. The predicted molar refractivity (Wildman–Crippen MR) is 250 cm³/mol. The number of thioether (sulfide) groups is 2. The predicted octanol–water partition coefficient (Wildman–Crippen LogP) is 6.73. The average molecular weight is 932 g/mol. The van der Waals surface area contributed by atoms with Crippen molar-refractivity contribution < 1.29 is 36.3 Å². The number of hydrogen-bond acceptors (Lipinski definition) is 11. The summed E-state index contributed by atoms with van der Waals surface area (Å²) < 4.78 is 61.3. The van der Waals surface area contributed by atoms with Gasteiger partial charge in [-0.25, -0.2) is 16.8 Å². The number of nitrogens with one attached hydrogen (secondary N) is 2. The fourth-order valence-electron chi connectivity index (χ4n) is 6.81. The Labute approximate surface area is 378 Å². The molecule has 0 saturated carbocycles. The van der Waals surface area contributed by atoms with E-state index in [1.807, 2.05) is 84.9 Å². The number of hydrogen-bond donors (Lipinski definition) is 4. The van der Waals surface area contributed by atoms with Crippen LogP contribution in [0.3, 0.4) is 0 Å². The molecule has 2 heterocycles. The van der Waals surface area contributed by atoms with Gasteiger partial charge in [0.15, 0.2) is 0 Å². The normalized spacial score (nSPS) is 17.6. The molecule has 2 saturated heterocycles. The molecule has 2 fully saturated rings. The number of aliphatic hydroxyl groups excluding tert-OH is 1. The Morgan fingerprint density at radius 1 is 0.714 bits per heavy atom. The maximum atomic E-state index is 13.4. The fraction of sp³-hybridized carbons (Fsp3) is 0.304. The molecule has 7 rings (SSSR count). The number of aliphatic hydroxyl groups is 1. The first-order valence-electron chi connectivity index (χ1n) is 20.4. The number of para-hydroxylation sites is 1. The number of anilines is 1. The van der Waals surface area contributed by atoms with Gasteiger partial charge in [-0.1, -0.05) is 93.6 Å². The van der Waals surface area contributed by atoms with E-state index in [2.05, 4.69) is 31.4 Å². The molecule has 13 nitrogen and oxygen atoms in total. The van der Waals surface area contributed by atoms with Crippen LogP contribution in [0.25, 0.3) is 0 Å². The molecular formula is C46H53N5O8S4. The van der Waals surface area contributed by atoms with Crippen LogP contribution in [-0.2, 0) is 41.6 Å². The summed E-state index contributed by atoms with van der Waals surface area (Å²) in [7, 11) is -7.64. The van der Waals surface area contributed by atoms with E-state index in [0.717, 1.165) is 16.7 Å². The van der Waals surface area contributed by atoms with E-state index in [-0.39, 0.29) is 34.3 Å². The molecule has 3 unspecified atom stereocenters. The number of nitrogen functional groups attached to an aromatic ring is 1. The number of amides is 2. The van der Waals surface area contributed by atoms with Crippen LogP contribution in [0.5, 0.6) is 11.5 Å². The van der Waals surface area contributed by atoms with Crippen LogP contribution in [0.2, 0.25) is 0 Å². The Balaban J connectivity index is 0.000000213. The van der Waals surface area contributed by atoms with E-state index < -0.39 is 42.7 Å². The SMILES string of the molecule is CC(C)(C)c1ccc(S(=O)(=O)N2CCSC2C(=O)NCc2ccc(N)cc2)cc1.O=C(NC(CCO)c1ccccc1)C1SCCN1S(=O)(=O)c1ccc(Oc2ccccc2)cc1. The lowest BCUT2D eigenvalue weighted by molar-refractivity contribution is -0.123. The lowest BCUT2D eigenvalue weighted by Gasteiger charge is -2.25. The fourth-order valence-corrected chi connectivity index (χ4v) is 13.0. The Bertz CT molecular complexity index is 2510. The Kier molecular flexibility index (Phi) is 16.0. The van der Waals surface area contributed by atoms with E-state index in [0.29, 0.717) is 48.2 Å². The van der Waals surface area contributed by atoms with Crippen molar-refractivity contribution in [2.45, 2.75) is 65.7 Å². The third kappa shape index (κ3) is 12.2. The van der Waals surface area contributed by atoms with Crippen molar-refractivity contribution >= 4 is 61.1 Å². The first-order valence-corrected chi connectivity index (χ1v) is 25.3. The molecule has 0 radical (unpaired) electrons. The smallest absolute Gasteiger partial charge is 0.249 e. The Morgan fingerprint density at radius 2 is 1.21 bits per heavy atom. The molecule has 3 atom stereocenters. The summed E-state index contributed by atoms with van der Waals surface area (Å²) in [5.41, 5.74) is 9.09. The average Bonchev–Trinajstić information content (AvgIpc) is 4.00. The molecule has 17 heteroatoms. The molecule has 0 bridgehead atoms. The van der Waals surface area contributed by atoms with Gasteiger partial charge < -0.3 is 26.2 Å². The molecular weight excluding hydrogens is 879 g/mol. The van der Waals surface area contributed by atoms with Crippen molar-refractivity contribution in [3.05, 3.63) is 150 Å². The zero-order valence-electron chi connectivity index (χ0n) is 35.3. The molecule has 0 aromatic heterocycles. The molecule has 5 aromatic carbocycles. The number of carbonyl (C=O) groups excluding carboxylic acids is 2. The number of nitrogens with two attached hydrogens (primary N) is 1. The topological polar surface area (TPSA) is 188 Å². The third-order valence-electron chi connectivity index (χ3n) is 10.3. The van der Waals surface area contributed by atoms with Crippen LogP contribution >= 0.6 is 23.5 Å². The number of benzene rings is 5. The third-order valence-corrected chi connectivity index (χ3v) is 16.7. The molecule has 2 aliphatic heterocycles. The highest BCUT2D eigenvalue weighted by molar-refractivity contribution is 8.02. The van der Waals surface area contributed by atoms with E-state index in [1.165, 1.54) is 44.3 Å². The highest BCUT2D eigenvalue weighted by atomic mass is 32.2. The molecule has 0 aliphatic carbocycles. The van der Waals surface area contributed by atoms with Crippen LogP contribution in [-0.4, -0.2) is 84.3 Å². The lowest BCUT2D eigenvalue weighted by atomic mass is 9.87. The van der Waals surface area contributed by atoms with Gasteiger partial charge in [0.25, 0.3) is 0 Å². The number of sulfonamides is 2. The minimum atomic E-state index is -3.89. The van der Waals surface area contributed by atoms with Gasteiger partial charge in [-0.3, -0.25) is 9.59 Å². The number of nitrogens with zero attached hydrogens (tertiary/aromatic N) is 2. The summed E-state index contributed by atoms with van der Waals surface area (Å²) >= 11 is 2.63. The molecule has 5 aromatic rings. The minimum Gasteiger partial charge on any atom is -0.457 e. The zero-order chi connectivity index (χ0) is 45.2. The number of ether oxygens (including phenoxy) is 1. The quantitative estimate of drug-likeness (QED) is 0.0865. The van der Waals surface area contributed by atoms with Gasteiger partial charge in [-0.15, -0.1) is 23.5 Å². The van der Waals surface area contributed by atoms with Crippen molar-refractivity contribution in [3.8, 4) is 11.5 Å². The van der Waals surface area contributed by atoms with E-state index >= 15 is 0 Å².